The van der Waals surface area contributed by atoms with Crippen molar-refractivity contribution in [3.05, 3.63) is 35.4 Å². The second-order valence-electron chi connectivity index (χ2n) is 4.99. The molecule has 0 bridgehead atoms. The highest BCUT2D eigenvalue weighted by Crippen LogP contribution is 2.05. The second kappa shape index (κ2) is 7.26. The van der Waals surface area contributed by atoms with Crippen LogP contribution in [0, 0.1) is 6.92 Å². The fourth-order valence-corrected chi connectivity index (χ4v) is 2.16. The number of hydrogen-bond acceptors (Lipinski definition) is 3. The molecule has 0 aliphatic carbocycles. The van der Waals surface area contributed by atoms with E-state index in [0.717, 1.165) is 38.2 Å². The third kappa shape index (κ3) is 4.65. The van der Waals surface area contributed by atoms with Crippen molar-refractivity contribution in [1.82, 2.24) is 10.6 Å². The van der Waals surface area contributed by atoms with Gasteiger partial charge in [-0.1, -0.05) is 17.7 Å². The maximum absolute atomic E-state index is 11.8. The van der Waals surface area contributed by atoms with Crippen molar-refractivity contribution in [2.24, 2.45) is 0 Å². The predicted molar refractivity (Wildman–Crippen MR) is 75.4 cm³/mol. The van der Waals surface area contributed by atoms with Crippen LogP contribution in [0.25, 0.3) is 0 Å². The van der Waals surface area contributed by atoms with E-state index in [0.29, 0.717) is 18.2 Å². The van der Waals surface area contributed by atoms with Crippen LogP contribution >= 0.6 is 0 Å². The first-order valence-electron chi connectivity index (χ1n) is 6.92. The number of nitrogens with one attached hydrogen (secondary N) is 2. The van der Waals surface area contributed by atoms with E-state index in [-0.39, 0.29) is 5.91 Å². The third-order valence-corrected chi connectivity index (χ3v) is 3.32. The maximum Gasteiger partial charge on any atom is 0.251 e. The fourth-order valence-electron chi connectivity index (χ4n) is 2.16. The van der Waals surface area contributed by atoms with Gasteiger partial charge in [0.25, 0.3) is 5.91 Å². The first-order valence-corrected chi connectivity index (χ1v) is 6.92. The Kier molecular flexibility index (Phi) is 5.36. The summed E-state index contributed by atoms with van der Waals surface area (Å²) in [6.07, 6.45) is 2.28. The van der Waals surface area contributed by atoms with E-state index in [1.54, 1.807) is 0 Å². The normalized spacial score (nSPS) is 19.1. The molecule has 4 nitrogen and oxygen atoms in total. The summed E-state index contributed by atoms with van der Waals surface area (Å²) in [4.78, 5) is 11.8. The highest BCUT2D eigenvalue weighted by molar-refractivity contribution is 5.94. The molecule has 0 saturated carbocycles. The zero-order valence-corrected chi connectivity index (χ0v) is 11.4. The molecule has 0 spiro atoms. The molecular formula is C15H22N2O2. The summed E-state index contributed by atoms with van der Waals surface area (Å²) in [7, 11) is 0. The molecule has 2 rings (SSSR count). The Labute approximate surface area is 114 Å². The SMILES string of the molecule is Cc1ccc(C(=O)NCCNC2CCCOC2)cc1. The molecule has 1 heterocycles. The number of aryl methyl sites for hydroxylation is 1. The largest absolute Gasteiger partial charge is 0.380 e. The lowest BCUT2D eigenvalue weighted by atomic mass is 10.1. The minimum absolute atomic E-state index is 0.0123. The lowest BCUT2D eigenvalue weighted by Gasteiger charge is -2.23. The van der Waals surface area contributed by atoms with E-state index in [9.17, 15) is 4.79 Å². The Morgan fingerprint density at radius 2 is 2.11 bits per heavy atom. The van der Waals surface area contributed by atoms with Gasteiger partial charge in [-0.25, -0.2) is 0 Å². The van der Waals surface area contributed by atoms with Crippen LogP contribution in [0.2, 0.25) is 0 Å². The predicted octanol–water partition coefficient (Wildman–Crippen LogP) is 1.49. The molecule has 0 radical (unpaired) electrons. The molecule has 1 saturated heterocycles. The van der Waals surface area contributed by atoms with Crippen molar-refractivity contribution in [1.29, 1.82) is 0 Å². The van der Waals surface area contributed by atoms with Gasteiger partial charge < -0.3 is 15.4 Å². The zero-order valence-electron chi connectivity index (χ0n) is 11.4. The van der Waals surface area contributed by atoms with E-state index in [1.165, 1.54) is 0 Å². The molecule has 1 amide bonds. The Balaban J connectivity index is 1.64. The van der Waals surface area contributed by atoms with E-state index < -0.39 is 0 Å². The van der Waals surface area contributed by atoms with Gasteiger partial charge in [0.05, 0.1) is 6.61 Å². The van der Waals surface area contributed by atoms with Crippen LogP contribution in [0.1, 0.15) is 28.8 Å². The molecule has 4 heteroatoms. The van der Waals surface area contributed by atoms with Gasteiger partial charge in [0, 0.05) is 31.3 Å². The quantitative estimate of drug-likeness (QED) is 0.791. The summed E-state index contributed by atoms with van der Waals surface area (Å²) < 4.78 is 5.39. The lowest BCUT2D eigenvalue weighted by Crippen LogP contribution is -2.41. The molecule has 19 heavy (non-hydrogen) atoms. The third-order valence-electron chi connectivity index (χ3n) is 3.32. The van der Waals surface area contributed by atoms with Crippen molar-refractivity contribution >= 4 is 5.91 Å². The van der Waals surface area contributed by atoms with Crippen LogP contribution in [-0.2, 0) is 4.74 Å². The van der Waals surface area contributed by atoms with E-state index in [4.69, 9.17) is 4.74 Å². The lowest BCUT2D eigenvalue weighted by molar-refractivity contribution is 0.0705. The minimum atomic E-state index is -0.0123. The molecule has 104 valence electrons. The Morgan fingerprint density at radius 3 is 2.79 bits per heavy atom. The monoisotopic (exact) mass is 262 g/mol. The molecule has 1 unspecified atom stereocenters. The molecule has 1 aliphatic rings. The van der Waals surface area contributed by atoms with E-state index >= 15 is 0 Å². The van der Waals surface area contributed by atoms with Gasteiger partial charge in [-0.2, -0.15) is 0 Å². The van der Waals surface area contributed by atoms with Crippen molar-refractivity contribution in [2.45, 2.75) is 25.8 Å². The van der Waals surface area contributed by atoms with Crippen molar-refractivity contribution in [3.8, 4) is 0 Å². The average Bonchev–Trinajstić information content (AvgIpc) is 2.45. The van der Waals surface area contributed by atoms with Gasteiger partial charge in [0.15, 0.2) is 0 Å². The van der Waals surface area contributed by atoms with E-state index in [2.05, 4.69) is 10.6 Å². The molecule has 1 aliphatic heterocycles. The summed E-state index contributed by atoms with van der Waals surface area (Å²) >= 11 is 0. The van der Waals surface area contributed by atoms with Crippen LogP contribution in [-0.4, -0.2) is 38.3 Å². The number of carbonyl (C=O) groups excluding carboxylic acids is 1. The standard InChI is InChI=1S/C15H22N2O2/c1-12-4-6-13(7-5-12)15(18)17-9-8-16-14-3-2-10-19-11-14/h4-7,14,16H,2-3,8-11H2,1H3,(H,17,18). The van der Waals surface area contributed by atoms with Gasteiger partial charge >= 0.3 is 0 Å². The van der Waals surface area contributed by atoms with Gasteiger partial charge in [-0.05, 0) is 31.9 Å². The summed E-state index contributed by atoms with van der Waals surface area (Å²) in [5, 5.41) is 6.31. The zero-order chi connectivity index (χ0) is 13.5. The smallest absolute Gasteiger partial charge is 0.251 e. The number of amides is 1. The van der Waals surface area contributed by atoms with Crippen molar-refractivity contribution in [3.63, 3.8) is 0 Å². The molecule has 2 N–H and O–H groups in total. The van der Waals surface area contributed by atoms with Crippen molar-refractivity contribution < 1.29 is 9.53 Å². The average molecular weight is 262 g/mol. The summed E-state index contributed by atoms with van der Waals surface area (Å²) in [5.41, 5.74) is 1.88. The molecule has 1 aromatic carbocycles. The second-order valence-corrected chi connectivity index (χ2v) is 4.99. The van der Waals surface area contributed by atoms with E-state index in [1.807, 2.05) is 31.2 Å². The van der Waals surface area contributed by atoms with Gasteiger partial charge in [0.1, 0.15) is 0 Å². The number of rotatable bonds is 5. The summed E-state index contributed by atoms with van der Waals surface area (Å²) in [6, 6.07) is 8.05. The van der Waals surface area contributed by atoms with Gasteiger partial charge in [0.2, 0.25) is 0 Å². The number of benzene rings is 1. The number of carbonyl (C=O) groups is 1. The Morgan fingerprint density at radius 1 is 1.32 bits per heavy atom. The molecule has 1 atom stereocenters. The summed E-state index contributed by atoms with van der Waals surface area (Å²) in [5.74, 6) is -0.0123. The number of hydrogen-bond donors (Lipinski definition) is 2. The molecular weight excluding hydrogens is 240 g/mol. The molecule has 0 aromatic heterocycles. The number of ether oxygens (including phenoxy) is 1. The first-order chi connectivity index (χ1) is 9.25. The van der Waals surface area contributed by atoms with Crippen LogP contribution in [0.3, 0.4) is 0 Å². The fraction of sp³-hybridized carbons (Fsp3) is 0.533. The topological polar surface area (TPSA) is 50.4 Å². The molecule has 1 fully saturated rings. The Hall–Kier alpha value is -1.39. The minimum Gasteiger partial charge on any atom is -0.380 e. The summed E-state index contributed by atoms with van der Waals surface area (Å²) in [6.45, 7) is 5.10. The maximum atomic E-state index is 11.8. The van der Waals surface area contributed by atoms with Crippen LogP contribution in [0.4, 0.5) is 0 Å². The Bertz CT molecular complexity index is 397. The van der Waals surface area contributed by atoms with Gasteiger partial charge in [-0.3, -0.25) is 4.79 Å². The van der Waals surface area contributed by atoms with Crippen molar-refractivity contribution in [2.75, 3.05) is 26.3 Å². The highest BCUT2D eigenvalue weighted by Gasteiger charge is 2.12. The van der Waals surface area contributed by atoms with Crippen LogP contribution in [0.15, 0.2) is 24.3 Å². The van der Waals surface area contributed by atoms with Gasteiger partial charge in [-0.15, -0.1) is 0 Å². The van der Waals surface area contributed by atoms with Crippen LogP contribution in [0.5, 0.6) is 0 Å². The molecule has 1 aromatic rings. The first kappa shape index (κ1) is 14.0. The highest BCUT2D eigenvalue weighted by atomic mass is 16.5. The van der Waals surface area contributed by atoms with Crippen LogP contribution < -0.4 is 10.6 Å².